The lowest BCUT2D eigenvalue weighted by Crippen LogP contribution is -2.02. The molecule has 0 aliphatic carbocycles. The van der Waals surface area contributed by atoms with Gasteiger partial charge in [-0.05, 0) is 6.07 Å². The highest BCUT2D eigenvalue weighted by Gasteiger charge is 2.09. The van der Waals surface area contributed by atoms with Gasteiger partial charge in [0.05, 0.1) is 18.8 Å². The minimum Gasteiger partial charge on any atom is -0.481 e. The van der Waals surface area contributed by atoms with Crippen molar-refractivity contribution in [3.63, 3.8) is 0 Å². The molecule has 0 saturated carbocycles. The van der Waals surface area contributed by atoms with E-state index < -0.39 is 5.97 Å². The summed E-state index contributed by atoms with van der Waals surface area (Å²) in [6.07, 6.45) is 2.46. The van der Waals surface area contributed by atoms with Crippen molar-refractivity contribution in [2.45, 2.75) is 6.42 Å². The van der Waals surface area contributed by atoms with Crippen LogP contribution in [0.2, 0.25) is 0 Å². The quantitative estimate of drug-likeness (QED) is 0.894. The predicted molar refractivity (Wildman–Crippen MR) is 64.6 cm³/mol. The van der Waals surface area contributed by atoms with Crippen LogP contribution in [0, 0.1) is 11.3 Å². The average Bonchev–Trinajstić information content (AvgIpc) is 2.41. The molecule has 2 aromatic rings. The van der Waals surface area contributed by atoms with E-state index in [2.05, 4.69) is 9.97 Å². The Balaban J connectivity index is 2.22. The first-order valence-corrected chi connectivity index (χ1v) is 5.39. The average molecular weight is 255 g/mol. The van der Waals surface area contributed by atoms with Gasteiger partial charge in [0.15, 0.2) is 5.69 Å². The molecule has 1 aromatic carbocycles. The fourth-order valence-electron chi connectivity index (χ4n) is 1.45. The van der Waals surface area contributed by atoms with Crippen LogP contribution >= 0.6 is 0 Å². The van der Waals surface area contributed by atoms with Gasteiger partial charge in [-0.2, -0.15) is 5.26 Å². The number of aromatic nitrogens is 2. The maximum absolute atomic E-state index is 10.7. The van der Waals surface area contributed by atoms with E-state index in [4.69, 9.17) is 15.1 Å². The van der Waals surface area contributed by atoms with Gasteiger partial charge in [0, 0.05) is 5.56 Å². The molecule has 2 rings (SSSR count). The van der Waals surface area contributed by atoms with Gasteiger partial charge in [0.25, 0.3) is 0 Å². The Morgan fingerprint density at radius 3 is 2.74 bits per heavy atom. The van der Waals surface area contributed by atoms with Crippen LogP contribution in [0.15, 0.2) is 36.7 Å². The maximum Gasteiger partial charge on any atom is 0.307 e. The number of para-hydroxylation sites is 1. The number of hydrogen-bond donors (Lipinski definition) is 1. The van der Waals surface area contributed by atoms with Crippen LogP contribution < -0.4 is 4.74 Å². The third-order valence-corrected chi connectivity index (χ3v) is 2.27. The first kappa shape index (κ1) is 12.5. The summed E-state index contributed by atoms with van der Waals surface area (Å²) in [7, 11) is 0. The third-order valence-electron chi connectivity index (χ3n) is 2.27. The van der Waals surface area contributed by atoms with Gasteiger partial charge in [-0.25, -0.2) is 9.97 Å². The number of benzene rings is 1. The molecule has 0 atom stereocenters. The summed E-state index contributed by atoms with van der Waals surface area (Å²) in [5, 5.41) is 17.4. The molecule has 1 heterocycles. The van der Waals surface area contributed by atoms with Crippen molar-refractivity contribution >= 4 is 5.97 Å². The van der Waals surface area contributed by atoms with Gasteiger partial charge in [0.2, 0.25) is 5.88 Å². The molecular weight excluding hydrogens is 246 g/mol. The lowest BCUT2D eigenvalue weighted by atomic mass is 10.1. The maximum atomic E-state index is 10.7. The second-order valence-corrected chi connectivity index (χ2v) is 3.63. The number of nitrogens with zero attached hydrogens (tertiary/aromatic N) is 3. The molecule has 0 fully saturated rings. The zero-order valence-electron chi connectivity index (χ0n) is 9.78. The van der Waals surface area contributed by atoms with Gasteiger partial charge in [-0.15, -0.1) is 0 Å². The van der Waals surface area contributed by atoms with Crippen LogP contribution in [0.5, 0.6) is 11.6 Å². The molecule has 1 N–H and O–H groups in total. The van der Waals surface area contributed by atoms with E-state index >= 15 is 0 Å². The largest absolute Gasteiger partial charge is 0.481 e. The fraction of sp³-hybridized carbons (Fsp3) is 0.0769. The van der Waals surface area contributed by atoms with Crippen LogP contribution in [0.1, 0.15) is 11.3 Å². The molecular formula is C13H9N3O3. The molecule has 0 spiro atoms. The number of nitriles is 1. The zero-order valence-corrected chi connectivity index (χ0v) is 9.78. The van der Waals surface area contributed by atoms with E-state index in [1.165, 1.54) is 12.4 Å². The van der Waals surface area contributed by atoms with Gasteiger partial charge < -0.3 is 9.84 Å². The Kier molecular flexibility index (Phi) is 3.69. The molecule has 94 valence electrons. The van der Waals surface area contributed by atoms with Crippen molar-refractivity contribution in [1.82, 2.24) is 9.97 Å². The second-order valence-electron chi connectivity index (χ2n) is 3.63. The molecule has 0 amide bonds. The topological polar surface area (TPSA) is 96.1 Å². The first-order chi connectivity index (χ1) is 9.19. The Morgan fingerprint density at radius 1 is 1.32 bits per heavy atom. The van der Waals surface area contributed by atoms with E-state index in [-0.39, 0.29) is 18.0 Å². The molecule has 0 aliphatic heterocycles. The van der Waals surface area contributed by atoms with E-state index in [0.29, 0.717) is 11.3 Å². The summed E-state index contributed by atoms with van der Waals surface area (Å²) in [5.41, 5.74) is 0.729. The summed E-state index contributed by atoms with van der Waals surface area (Å²) in [6.45, 7) is 0. The molecule has 6 heteroatoms. The van der Waals surface area contributed by atoms with Crippen molar-refractivity contribution in [1.29, 1.82) is 5.26 Å². The van der Waals surface area contributed by atoms with Crippen LogP contribution in [0.25, 0.3) is 0 Å². The standard InChI is InChI=1S/C13H9N3O3/c14-6-10-7-16-12(8-15-10)19-11-4-2-1-3-9(11)5-13(17)18/h1-4,7-8H,5H2,(H,17,18). The third kappa shape index (κ3) is 3.26. The number of aliphatic carboxylic acids is 1. The van der Waals surface area contributed by atoms with Crippen LogP contribution in [0.4, 0.5) is 0 Å². The summed E-state index contributed by atoms with van der Waals surface area (Å²) in [4.78, 5) is 18.5. The Hall–Kier alpha value is -2.94. The van der Waals surface area contributed by atoms with Crippen molar-refractivity contribution in [2.75, 3.05) is 0 Å². The van der Waals surface area contributed by atoms with Gasteiger partial charge in [-0.3, -0.25) is 4.79 Å². The highest BCUT2D eigenvalue weighted by molar-refractivity contribution is 5.71. The number of rotatable bonds is 4. The molecule has 0 radical (unpaired) electrons. The molecule has 19 heavy (non-hydrogen) atoms. The van der Waals surface area contributed by atoms with E-state index in [9.17, 15) is 4.79 Å². The molecule has 0 aliphatic rings. The van der Waals surface area contributed by atoms with Crippen molar-refractivity contribution < 1.29 is 14.6 Å². The fourth-order valence-corrected chi connectivity index (χ4v) is 1.45. The van der Waals surface area contributed by atoms with Gasteiger partial charge in [0.1, 0.15) is 11.8 Å². The number of hydrogen-bond acceptors (Lipinski definition) is 5. The summed E-state index contributed by atoms with van der Waals surface area (Å²) < 4.78 is 5.46. The summed E-state index contributed by atoms with van der Waals surface area (Å²) in [5.74, 6) is -0.331. The Bertz CT molecular complexity index is 632. The van der Waals surface area contributed by atoms with Gasteiger partial charge >= 0.3 is 5.97 Å². The molecule has 0 bridgehead atoms. The summed E-state index contributed by atoms with van der Waals surface area (Å²) >= 11 is 0. The smallest absolute Gasteiger partial charge is 0.307 e. The Morgan fingerprint density at radius 2 is 2.11 bits per heavy atom. The molecule has 0 saturated heterocycles. The highest BCUT2D eigenvalue weighted by Crippen LogP contribution is 2.23. The van der Waals surface area contributed by atoms with Crippen LogP contribution in [-0.4, -0.2) is 21.0 Å². The molecule has 0 unspecified atom stereocenters. The molecule has 6 nitrogen and oxygen atoms in total. The van der Waals surface area contributed by atoms with E-state index in [1.807, 2.05) is 6.07 Å². The van der Waals surface area contributed by atoms with Crippen molar-refractivity contribution in [3.8, 4) is 17.7 Å². The normalized spacial score (nSPS) is 9.63. The first-order valence-electron chi connectivity index (χ1n) is 5.39. The minimum atomic E-state index is -0.943. The monoisotopic (exact) mass is 255 g/mol. The van der Waals surface area contributed by atoms with E-state index in [1.54, 1.807) is 24.3 Å². The second kappa shape index (κ2) is 5.60. The van der Waals surface area contributed by atoms with Crippen molar-refractivity contribution in [3.05, 3.63) is 47.9 Å². The zero-order chi connectivity index (χ0) is 13.7. The lowest BCUT2D eigenvalue weighted by molar-refractivity contribution is -0.136. The molecule has 1 aromatic heterocycles. The van der Waals surface area contributed by atoms with Crippen LogP contribution in [0.3, 0.4) is 0 Å². The van der Waals surface area contributed by atoms with E-state index in [0.717, 1.165) is 0 Å². The highest BCUT2D eigenvalue weighted by atomic mass is 16.5. The van der Waals surface area contributed by atoms with Crippen molar-refractivity contribution in [2.24, 2.45) is 0 Å². The lowest BCUT2D eigenvalue weighted by Gasteiger charge is -2.08. The number of carboxylic acid groups (broad SMARTS) is 1. The SMILES string of the molecule is N#Cc1cnc(Oc2ccccc2CC(=O)O)cn1. The predicted octanol–water partition coefficient (Wildman–Crippen LogP) is 1.77. The summed E-state index contributed by atoms with van der Waals surface area (Å²) in [6, 6.07) is 8.63. The van der Waals surface area contributed by atoms with Gasteiger partial charge in [-0.1, -0.05) is 18.2 Å². The minimum absolute atomic E-state index is 0.139. The van der Waals surface area contributed by atoms with Crippen LogP contribution in [-0.2, 0) is 11.2 Å². The Labute approximate surface area is 108 Å². The number of carbonyl (C=O) groups is 1. The number of ether oxygens (including phenoxy) is 1. The number of carboxylic acids is 1.